The Hall–Kier alpha value is -2.92. The molecule has 0 unspecified atom stereocenters. The van der Waals surface area contributed by atoms with E-state index in [0.29, 0.717) is 18.5 Å². The third-order valence-electron chi connectivity index (χ3n) is 3.97. The van der Waals surface area contributed by atoms with Crippen molar-refractivity contribution in [2.75, 3.05) is 5.32 Å². The van der Waals surface area contributed by atoms with Crippen molar-refractivity contribution in [3.63, 3.8) is 0 Å². The van der Waals surface area contributed by atoms with E-state index >= 15 is 0 Å². The van der Waals surface area contributed by atoms with Crippen molar-refractivity contribution in [2.24, 2.45) is 0 Å². The zero-order valence-corrected chi connectivity index (χ0v) is 15.0. The second-order valence-corrected chi connectivity index (χ2v) is 6.96. The molecule has 3 rings (SSSR count). The minimum Gasteiger partial charge on any atom is -0.477 e. The molecule has 0 saturated heterocycles. The summed E-state index contributed by atoms with van der Waals surface area (Å²) in [5.74, 6) is -1.20. The van der Waals surface area contributed by atoms with Crippen LogP contribution in [0.1, 0.15) is 28.1 Å². The van der Waals surface area contributed by atoms with Crippen molar-refractivity contribution >= 4 is 28.9 Å². The van der Waals surface area contributed by atoms with Crippen LogP contribution in [-0.2, 0) is 11.2 Å². The van der Waals surface area contributed by atoms with Crippen LogP contribution < -0.4 is 5.32 Å². The number of carboxylic acids is 1. The standard InChI is InChI=1S/C21H19NO3S/c23-19(13-7-10-15-8-3-1-4-9-15)22-17-14-18(26-20(17)21(24)25)16-11-5-2-6-12-16/h1-6,8-9,11-12,14H,7,10,13H2,(H,22,23)(H,24,25). The Labute approximate surface area is 156 Å². The van der Waals surface area contributed by atoms with Gasteiger partial charge in [0.1, 0.15) is 4.88 Å². The number of aryl methyl sites for hydroxylation is 1. The maximum atomic E-state index is 12.2. The molecule has 0 fully saturated rings. The lowest BCUT2D eigenvalue weighted by molar-refractivity contribution is -0.116. The SMILES string of the molecule is O=C(CCCc1ccccc1)Nc1cc(-c2ccccc2)sc1C(=O)O. The zero-order valence-electron chi connectivity index (χ0n) is 14.1. The first-order valence-electron chi connectivity index (χ1n) is 8.40. The summed E-state index contributed by atoms with van der Waals surface area (Å²) in [6.07, 6.45) is 1.89. The van der Waals surface area contributed by atoms with E-state index in [1.54, 1.807) is 6.07 Å². The Bertz CT molecular complexity index is 888. The van der Waals surface area contributed by atoms with Gasteiger partial charge in [0.15, 0.2) is 0 Å². The molecule has 0 spiro atoms. The number of carboxylic acid groups (broad SMARTS) is 1. The quantitative estimate of drug-likeness (QED) is 0.614. The average molecular weight is 365 g/mol. The van der Waals surface area contributed by atoms with Crippen molar-refractivity contribution in [2.45, 2.75) is 19.3 Å². The number of aromatic carboxylic acids is 1. The number of hydrogen-bond acceptors (Lipinski definition) is 3. The van der Waals surface area contributed by atoms with Crippen LogP contribution in [0.5, 0.6) is 0 Å². The van der Waals surface area contributed by atoms with Gasteiger partial charge in [-0.2, -0.15) is 0 Å². The van der Waals surface area contributed by atoms with Gasteiger partial charge in [0.2, 0.25) is 5.91 Å². The number of hydrogen-bond donors (Lipinski definition) is 2. The van der Waals surface area contributed by atoms with Crippen LogP contribution in [0.25, 0.3) is 10.4 Å². The highest BCUT2D eigenvalue weighted by Gasteiger charge is 2.18. The summed E-state index contributed by atoms with van der Waals surface area (Å²) in [6.45, 7) is 0. The molecule has 2 N–H and O–H groups in total. The normalized spacial score (nSPS) is 10.5. The van der Waals surface area contributed by atoms with E-state index in [1.165, 1.54) is 16.9 Å². The highest BCUT2D eigenvalue weighted by Crippen LogP contribution is 2.34. The smallest absolute Gasteiger partial charge is 0.348 e. The lowest BCUT2D eigenvalue weighted by Gasteiger charge is -2.05. The largest absolute Gasteiger partial charge is 0.477 e. The molecule has 1 aromatic heterocycles. The Balaban J connectivity index is 1.65. The highest BCUT2D eigenvalue weighted by atomic mass is 32.1. The number of carbonyl (C=O) groups excluding carboxylic acids is 1. The predicted octanol–water partition coefficient (Wildman–Crippen LogP) is 5.07. The molecule has 0 bridgehead atoms. The number of thiophene rings is 1. The summed E-state index contributed by atoms with van der Waals surface area (Å²) in [6, 6.07) is 21.3. The number of benzene rings is 2. The van der Waals surface area contributed by atoms with Gasteiger partial charge in [0.25, 0.3) is 0 Å². The van der Waals surface area contributed by atoms with Crippen molar-refractivity contribution < 1.29 is 14.7 Å². The second kappa shape index (κ2) is 8.45. The van der Waals surface area contributed by atoms with E-state index < -0.39 is 5.97 Å². The first kappa shape index (κ1) is 17.9. The zero-order chi connectivity index (χ0) is 18.4. The van der Waals surface area contributed by atoms with Gasteiger partial charge in [0, 0.05) is 11.3 Å². The predicted molar refractivity (Wildman–Crippen MR) is 105 cm³/mol. The number of carbonyl (C=O) groups is 2. The topological polar surface area (TPSA) is 66.4 Å². The molecule has 2 aromatic carbocycles. The first-order valence-corrected chi connectivity index (χ1v) is 9.21. The summed E-state index contributed by atoms with van der Waals surface area (Å²) in [7, 11) is 0. The van der Waals surface area contributed by atoms with E-state index in [1.807, 2.05) is 60.7 Å². The van der Waals surface area contributed by atoms with Crippen molar-refractivity contribution in [3.05, 3.63) is 77.2 Å². The van der Waals surface area contributed by atoms with Gasteiger partial charge in [-0.1, -0.05) is 60.7 Å². The molecule has 3 aromatic rings. The molecule has 0 aliphatic heterocycles. The Kier molecular flexibility index (Phi) is 5.81. The molecule has 0 saturated carbocycles. The first-order chi connectivity index (χ1) is 12.6. The van der Waals surface area contributed by atoms with Gasteiger partial charge < -0.3 is 10.4 Å². The minimum atomic E-state index is -1.03. The minimum absolute atomic E-state index is 0.153. The van der Waals surface area contributed by atoms with Crippen LogP contribution in [0.4, 0.5) is 5.69 Å². The van der Waals surface area contributed by atoms with E-state index in [-0.39, 0.29) is 10.8 Å². The number of nitrogens with one attached hydrogen (secondary N) is 1. The fraction of sp³-hybridized carbons (Fsp3) is 0.143. The monoisotopic (exact) mass is 365 g/mol. The van der Waals surface area contributed by atoms with Crippen molar-refractivity contribution in [1.82, 2.24) is 0 Å². The van der Waals surface area contributed by atoms with Gasteiger partial charge in [0.05, 0.1) is 5.69 Å². The van der Waals surface area contributed by atoms with Crippen LogP contribution in [-0.4, -0.2) is 17.0 Å². The summed E-state index contributed by atoms with van der Waals surface area (Å²) in [5.41, 5.74) is 2.49. The molecule has 26 heavy (non-hydrogen) atoms. The molecule has 1 heterocycles. The fourth-order valence-electron chi connectivity index (χ4n) is 2.70. The third-order valence-corrected chi connectivity index (χ3v) is 5.14. The van der Waals surface area contributed by atoms with Crippen LogP contribution in [0.15, 0.2) is 66.7 Å². The maximum Gasteiger partial charge on any atom is 0.348 e. The number of amides is 1. The molecule has 0 radical (unpaired) electrons. The fourth-order valence-corrected chi connectivity index (χ4v) is 3.66. The number of rotatable bonds is 7. The lowest BCUT2D eigenvalue weighted by Crippen LogP contribution is -2.13. The van der Waals surface area contributed by atoms with Gasteiger partial charge in [-0.25, -0.2) is 4.79 Å². The van der Waals surface area contributed by atoms with Crippen LogP contribution in [0.3, 0.4) is 0 Å². The molecule has 1 amide bonds. The molecule has 5 heteroatoms. The van der Waals surface area contributed by atoms with Crippen LogP contribution in [0, 0.1) is 0 Å². The summed E-state index contributed by atoms with van der Waals surface area (Å²) in [4.78, 5) is 24.7. The van der Waals surface area contributed by atoms with E-state index in [2.05, 4.69) is 5.32 Å². The van der Waals surface area contributed by atoms with Crippen molar-refractivity contribution in [1.29, 1.82) is 0 Å². The lowest BCUT2D eigenvalue weighted by atomic mass is 10.1. The van der Waals surface area contributed by atoms with Gasteiger partial charge >= 0.3 is 5.97 Å². The average Bonchev–Trinajstić information content (AvgIpc) is 3.07. The molecular weight excluding hydrogens is 346 g/mol. The molecule has 132 valence electrons. The highest BCUT2D eigenvalue weighted by molar-refractivity contribution is 7.18. The maximum absolute atomic E-state index is 12.2. The van der Waals surface area contributed by atoms with Crippen molar-refractivity contribution in [3.8, 4) is 10.4 Å². The molecular formula is C21H19NO3S. The molecule has 0 aliphatic rings. The Morgan fingerprint density at radius 1 is 0.962 bits per heavy atom. The van der Waals surface area contributed by atoms with Gasteiger partial charge in [-0.3, -0.25) is 4.79 Å². The molecule has 4 nitrogen and oxygen atoms in total. The molecule has 0 atom stereocenters. The molecule has 0 aliphatic carbocycles. The second-order valence-electron chi connectivity index (χ2n) is 5.91. The van der Waals surface area contributed by atoms with Crippen LogP contribution >= 0.6 is 11.3 Å². The Morgan fingerprint density at radius 2 is 1.62 bits per heavy atom. The van der Waals surface area contributed by atoms with Gasteiger partial charge in [-0.15, -0.1) is 11.3 Å². The van der Waals surface area contributed by atoms with E-state index in [0.717, 1.165) is 16.9 Å². The summed E-state index contributed by atoms with van der Waals surface area (Å²) < 4.78 is 0. The number of anilines is 1. The van der Waals surface area contributed by atoms with Gasteiger partial charge in [-0.05, 0) is 30.0 Å². The summed E-state index contributed by atoms with van der Waals surface area (Å²) >= 11 is 1.17. The third kappa shape index (κ3) is 4.58. The van der Waals surface area contributed by atoms with E-state index in [4.69, 9.17) is 0 Å². The van der Waals surface area contributed by atoms with Crippen LogP contribution in [0.2, 0.25) is 0 Å². The van der Waals surface area contributed by atoms with E-state index in [9.17, 15) is 14.7 Å². The Morgan fingerprint density at radius 3 is 2.27 bits per heavy atom. The summed E-state index contributed by atoms with van der Waals surface area (Å²) in [5, 5.41) is 12.2.